The van der Waals surface area contributed by atoms with Crippen molar-refractivity contribution in [2.75, 3.05) is 21.0 Å². The van der Waals surface area contributed by atoms with Gasteiger partial charge < -0.3 is 5.32 Å². The third-order valence-electron chi connectivity index (χ3n) is 4.65. The Morgan fingerprint density at radius 1 is 0.788 bits per heavy atom. The largest absolute Gasteiger partial charge is 0.322 e. The molecule has 0 aliphatic rings. The minimum absolute atomic E-state index is 0.0203. The molecule has 3 N–H and O–H groups in total. The molecule has 0 saturated heterocycles. The predicted octanol–water partition coefficient (Wildman–Crippen LogP) is 4.38. The van der Waals surface area contributed by atoms with E-state index in [1.54, 1.807) is 32.0 Å². The first-order chi connectivity index (χ1) is 15.3. The van der Waals surface area contributed by atoms with Gasteiger partial charge in [0.1, 0.15) is 0 Å². The van der Waals surface area contributed by atoms with Crippen LogP contribution in [0.25, 0.3) is 0 Å². The molecule has 0 spiro atoms. The van der Waals surface area contributed by atoms with Crippen LogP contribution in [-0.2, 0) is 20.0 Å². The van der Waals surface area contributed by atoms with Crippen molar-refractivity contribution < 1.29 is 21.6 Å². The number of amides is 1. The topological polar surface area (TPSA) is 121 Å². The molecule has 0 heterocycles. The van der Waals surface area contributed by atoms with Gasteiger partial charge in [0.15, 0.2) is 0 Å². The Labute approximate surface area is 198 Å². The van der Waals surface area contributed by atoms with Gasteiger partial charge in [0.25, 0.3) is 15.9 Å². The number of hydrogen-bond donors (Lipinski definition) is 3. The number of nitrogens with one attached hydrogen (secondary N) is 3. The third-order valence-corrected chi connectivity index (χ3v) is 6.86. The van der Waals surface area contributed by atoms with E-state index in [0.717, 1.165) is 11.8 Å². The van der Waals surface area contributed by atoms with Crippen LogP contribution in [-0.4, -0.2) is 29.0 Å². The van der Waals surface area contributed by atoms with E-state index in [2.05, 4.69) is 14.8 Å². The molecule has 33 heavy (non-hydrogen) atoms. The van der Waals surface area contributed by atoms with Crippen LogP contribution in [0.2, 0.25) is 5.02 Å². The van der Waals surface area contributed by atoms with E-state index in [1.165, 1.54) is 42.5 Å². The van der Waals surface area contributed by atoms with Crippen LogP contribution >= 0.6 is 11.6 Å². The quantitative estimate of drug-likeness (QED) is 0.438. The molecular weight excluding hydrogens is 486 g/mol. The Morgan fingerprint density at radius 3 is 2.06 bits per heavy atom. The molecule has 3 aromatic carbocycles. The maximum absolute atomic E-state index is 12.7. The van der Waals surface area contributed by atoms with Crippen LogP contribution in [0.1, 0.15) is 21.5 Å². The zero-order valence-electron chi connectivity index (χ0n) is 18.0. The SMILES string of the molecule is Cc1cc(C(=O)Nc2ccc(S(=O)(=O)Nc3cc(Cl)ccc3C)cc2)ccc1NS(C)(=O)=O. The van der Waals surface area contributed by atoms with Gasteiger partial charge in [-0.05, 0) is 79.6 Å². The van der Waals surface area contributed by atoms with Gasteiger partial charge in [-0.1, -0.05) is 17.7 Å². The van der Waals surface area contributed by atoms with Crippen LogP contribution < -0.4 is 14.8 Å². The molecule has 174 valence electrons. The van der Waals surface area contributed by atoms with Crippen LogP contribution in [0.3, 0.4) is 0 Å². The number of halogens is 1. The number of hydrogen-bond acceptors (Lipinski definition) is 5. The lowest BCUT2D eigenvalue weighted by atomic mass is 10.1. The maximum atomic E-state index is 12.7. The molecule has 3 rings (SSSR count). The number of anilines is 3. The highest BCUT2D eigenvalue weighted by Crippen LogP contribution is 2.24. The lowest BCUT2D eigenvalue weighted by Gasteiger charge is -2.12. The molecule has 1 amide bonds. The fourth-order valence-electron chi connectivity index (χ4n) is 2.95. The summed E-state index contributed by atoms with van der Waals surface area (Å²) in [5.41, 5.74) is 2.78. The minimum atomic E-state index is -3.85. The summed E-state index contributed by atoms with van der Waals surface area (Å²) < 4.78 is 53.1. The van der Waals surface area contributed by atoms with Crippen molar-refractivity contribution in [2.24, 2.45) is 0 Å². The fraction of sp³-hybridized carbons (Fsp3) is 0.136. The smallest absolute Gasteiger partial charge is 0.261 e. The van der Waals surface area contributed by atoms with Gasteiger partial charge in [0.05, 0.1) is 22.5 Å². The van der Waals surface area contributed by atoms with Crippen molar-refractivity contribution in [3.8, 4) is 0 Å². The van der Waals surface area contributed by atoms with Crippen molar-refractivity contribution >= 4 is 54.6 Å². The van der Waals surface area contributed by atoms with Gasteiger partial charge in [-0.15, -0.1) is 0 Å². The Balaban J connectivity index is 1.73. The molecule has 0 aromatic heterocycles. The van der Waals surface area contributed by atoms with E-state index >= 15 is 0 Å². The Morgan fingerprint density at radius 2 is 1.45 bits per heavy atom. The molecule has 8 nitrogen and oxygen atoms in total. The monoisotopic (exact) mass is 507 g/mol. The predicted molar refractivity (Wildman–Crippen MR) is 131 cm³/mol. The van der Waals surface area contributed by atoms with Gasteiger partial charge in [0.2, 0.25) is 10.0 Å². The fourth-order valence-corrected chi connectivity index (χ4v) is 4.87. The summed E-state index contributed by atoms with van der Waals surface area (Å²) in [4.78, 5) is 12.6. The molecule has 0 atom stereocenters. The summed E-state index contributed by atoms with van der Waals surface area (Å²) in [7, 11) is -7.29. The zero-order valence-corrected chi connectivity index (χ0v) is 20.4. The van der Waals surface area contributed by atoms with Crippen LogP contribution in [0.5, 0.6) is 0 Å². The highest BCUT2D eigenvalue weighted by molar-refractivity contribution is 7.92. The molecule has 0 unspecified atom stereocenters. The van der Waals surface area contributed by atoms with Crippen LogP contribution in [0, 0.1) is 13.8 Å². The Hall–Kier alpha value is -3.08. The second kappa shape index (κ2) is 9.42. The number of carbonyl (C=O) groups is 1. The second-order valence-corrected chi connectivity index (χ2v) is 11.3. The molecule has 0 radical (unpaired) electrons. The van der Waals surface area contributed by atoms with Gasteiger partial charge in [-0.25, -0.2) is 16.8 Å². The van der Waals surface area contributed by atoms with E-state index in [-0.39, 0.29) is 4.90 Å². The summed E-state index contributed by atoms with van der Waals surface area (Å²) in [6, 6.07) is 15.2. The lowest BCUT2D eigenvalue weighted by Crippen LogP contribution is -2.15. The van der Waals surface area contributed by atoms with E-state index in [9.17, 15) is 21.6 Å². The van der Waals surface area contributed by atoms with Crippen molar-refractivity contribution in [2.45, 2.75) is 18.7 Å². The van der Waals surface area contributed by atoms with E-state index in [4.69, 9.17) is 11.6 Å². The molecular formula is C22H22ClN3O5S2. The Bertz CT molecular complexity index is 1420. The standard InChI is InChI=1S/C22H22ClN3O5S2/c1-14-4-6-17(23)13-21(14)26-33(30,31)19-9-7-18(8-10-19)24-22(27)16-5-11-20(15(2)12-16)25-32(3,28)29/h4-13,25-26H,1-3H3,(H,24,27). The number of benzene rings is 3. The maximum Gasteiger partial charge on any atom is 0.261 e. The summed E-state index contributed by atoms with van der Waals surface area (Å²) in [6.45, 7) is 3.44. The summed E-state index contributed by atoms with van der Waals surface area (Å²) in [5.74, 6) is -0.424. The molecule has 11 heteroatoms. The average Bonchev–Trinajstić information content (AvgIpc) is 2.71. The van der Waals surface area contributed by atoms with E-state index in [1.807, 2.05) is 0 Å². The van der Waals surface area contributed by atoms with E-state index < -0.39 is 26.0 Å². The zero-order chi connectivity index (χ0) is 24.4. The number of sulfonamides is 2. The van der Waals surface area contributed by atoms with Gasteiger partial charge in [-0.2, -0.15) is 0 Å². The molecule has 0 aliphatic carbocycles. The second-order valence-electron chi connectivity index (χ2n) is 7.45. The highest BCUT2D eigenvalue weighted by Gasteiger charge is 2.16. The molecule has 0 bridgehead atoms. The summed E-state index contributed by atoms with van der Waals surface area (Å²) >= 11 is 5.95. The third kappa shape index (κ3) is 6.47. The Kier molecular flexibility index (Phi) is 7.01. The molecule has 3 aromatic rings. The van der Waals surface area contributed by atoms with E-state index in [0.29, 0.717) is 33.2 Å². The first-order valence-electron chi connectivity index (χ1n) is 9.63. The van der Waals surface area contributed by atoms with Crippen molar-refractivity contribution in [3.63, 3.8) is 0 Å². The van der Waals surface area contributed by atoms with Crippen LogP contribution in [0.4, 0.5) is 17.1 Å². The molecule has 0 aliphatic heterocycles. The minimum Gasteiger partial charge on any atom is -0.322 e. The lowest BCUT2D eigenvalue weighted by molar-refractivity contribution is 0.102. The number of rotatable bonds is 7. The van der Waals surface area contributed by atoms with Gasteiger partial charge in [-0.3, -0.25) is 14.2 Å². The number of aryl methyl sites for hydroxylation is 2. The highest BCUT2D eigenvalue weighted by atomic mass is 35.5. The molecule has 0 saturated carbocycles. The van der Waals surface area contributed by atoms with Crippen molar-refractivity contribution in [1.82, 2.24) is 0 Å². The first kappa shape index (κ1) is 24.6. The summed E-state index contributed by atoms with van der Waals surface area (Å²) in [5, 5.41) is 3.10. The first-order valence-corrected chi connectivity index (χ1v) is 13.4. The summed E-state index contributed by atoms with van der Waals surface area (Å²) in [6.07, 6.45) is 1.04. The van der Waals surface area contributed by atoms with Crippen LogP contribution in [0.15, 0.2) is 65.6 Å². The molecule has 0 fully saturated rings. The van der Waals surface area contributed by atoms with Gasteiger partial charge in [0, 0.05) is 16.3 Å². The normalized spacial score (nSPS) is 11.6. The average molecular weight is 508 g/mol. The van der Waals surface area contributed by atoms with Crippen molar-refractivity contribution in [1.29, 1.82) is 0 Å². The van der Waals surface area contributed by atoms with Gasteiger partial charge >= 0.3 is 0 Å². The number of carbonyl (C=O) groups excluding carboxylic acids is 1. The van der Waals surface area contributed by atoms with Crippen molar-refractivity contribution in [3.05, 3.63) is 82.4 Å².